The Balaban J connectivity index is 2.14. The predicted molar refractivity (Wildman–Crippen MR) is 82.5 cm³/mol. The van der Waals surface area contributed by atoms with Crippen molar-refractivity contribution in [3.8, 4) is 0 Å². The van der Waals surface area contributed by atoms with Crippen LogP contribution in [0, 0.1) is 5.92 Å². The summed E-state index contributed by atoms with van der Waals surface area (Å²) in [5, 5.41) is 0. The summed E-state index contributed by atoms with van der Waals surface area (Å²) in [7, 11) is 1.38. The minimum atomic E-state index is -0.239. The highest BCUT2D eigenvalue weighted by Crippen LogP contribution is 2.25. The molecule has 0 aromatic heterocycles. The number of halogens is 2. The largest absolute Gasteiger partial charge is 0.469 e. The van der Waals surface area contributed by atoms with Crippen LogP contribution in [0.5, 0.6) is 0 Å². The SMILES string of the molecule is COC(=O)[C@H]1CCCN(C(=O)c2ccc(Br)cc2Br)C1. The van der Waals surface area contributed by atoms with Gasteiger partial charge >= 0.3 is 5.97 Å². The molecule has 0 bridgehead atoms. The molecule has 1 heterocycles. The predicted octanol–water partition coefficient (Wildman–Crippen LogP) is 3.24. The first-order valence-corrected chi connectivity index (χ1v) is 7.93. The van der Waals surface area contributed by atoms with Crippen molar-refractivity contribution in [2.24, 2.45) is 5.92 Å². The van der Waals surface area contributed by atoms with Gasteiger partial charge in [0.05, 0.1) is 18.6 Å². The van der Waals surface area contributed by atoms with E-state index in [0.717, 1.165) is 21.8 Å². The van der Waals surface area contributed by atoms with Gasteiger partial charge in [-0.3, -0.25) is 9.59 Å². The topological polar surface area (TPSA) is 46.6 Å². The number of benzene rings is 1. The number of rotatable bonds is 2. The third-order valence-electron chi connectivity index (χ3n) is 3.40. The van der Waals surface area contributed by atoms with Crippen LogP contribution in [-0.4, -0.2) is 37.0 Å². The van der Waals surface area contributed by atoms with Gasteiger partial charge in [0.1, 0.15) is 0 Å². The van der Waals surface area contributed by atoms with Crippen LogP contribution in [0.25, 0.3) is 0 Å². The van der Waals surface area contributed by atoms with Crippen molar-refractivity contribution < 1.29 is 14.3 Å². The van der Waals surface area contributed by atoms with Crippen LogP contribution in [0.4, 0.5) is 0 Å². The van der Waals surface area contributed by atoms with Crippen LogP contribution >= 0.6 is 31.9 Å². The smallest absolute Gasteiger partial charge is 0.310 e. The Kier molecular flexibility index (Phi) is 5.21. The highest BCUT2D eigenvalue weighted by Gasteiger charge is 2.30. The molecule has 0 N–H and O–H groups in total. The van der Waals surface area contributed by atoms with Crippen molar-refractivity contribution in [3.63, 3.8) is 0 Å². The molecule has 1 atom stereocenters. The second kappa shape index (κ2) is 6.72. The van der Waals surface area contributed by atoms with Crippen LogP contribution in [0.15, 0.2) is 27.1 Å². The number of likely N-dealkylation sites (tertiary alicyclic amines) is 1. The average Bonchev–Trinajstić information content (AvgIpc) is 2.46. The molecule has 0 aliphatic carbocycles. The van der Waals surface area contributed by atoms with E-state index in [-0.39, 0.29) is 17.8 Å². The zero-order valence-electron chi connectivity index (χ0n) is 11.1. The Morgan fingerprint density at radius 1 is 1.35 bits per heavy atom. The number of esters is 1. The van der Waals surface area contributed by atoms with Gasteiger partial charge < -0.3 is 9.64 Å². The van der Waals surface area contributed by atoms with Gasteiger partial charge in [-0.15, -0.1) is 0 Å². The van der Waals surface area contributed by atoms with Crippen molar-refractivity contribution in [2.75, 3.05) is 20.2 Å². The zero-order valence-corrected chi connectivity index (χ0v) is 14.2. The van der Waals surface area contributed by atoms with Crippen molar-refractivity contribution in [1.29, 1.82) is 0 Å². The lowest BCUT2D eigenvalue weighted by Crippen LogP contribution is -2.42. The summed E-state index contributed by atoms with van der Waals surface area (Å²) in [6.07, 6.45) is 1.59. The zero-order chi connectivity index (χ0) is 14.7. The quantitative estimate of drug-likeness (QED) is 0.711. The number of methoxy groups -OCH3 is 1. The maximum absolute atomic E-state index is 12.5. The van der Waals surface area contributed by atoms with E-state index < -0.39 is 0 Å². The molecule has 1 aliphatic heterocycles. The van der Waals surface area contributed by atoms with E-state index >= 15 is 0 Å². The first-order valence-electron chi connectivity index (χ1n) is 6.35. The number of hydrogen-bond acceptors (Lipinski definition) is 3. The molecule has 1 aliphatic rings. The van der Waals surface area contributed by atoms with E-state index in [0.29, 0.717) is 18.7 Å². The Morgan fingerprint density at radius 2 is 2.10 bits per heavy atom. The van der Waals surface area contributed by atoms with E-state index in [1.54, 1.807) is 11.0 Å². The first-order chi connectivity index (χ1) is 9.52. The van der Waals surface area contributed by atoms with Crippen LogP contribution in [0.2, 0.25) is 0 Å². The van der Waals surface area contributed by atoms with Gasteiger partial charge in [-0.25, -0.2) is 0 Å². The molecule has 108 valence electrons. The standard InChI is InChI=1S/C14H15Br2NO3/c1-20-14(19)9-3-2-6-17(8-9)13(18)11-5-4-10(15)7-12(11)16/h4-5,7,9H,2-3,6,8H2,1H3/t9-/m0/s1. The number of hydrogen-bond donors (Lipinski definition) is 0. The molecule has 0 unspecified atom stereocenters. The molecule has 1 saturated heterocycles. The van der Waals surface area contributed by atoms with Crippen LogP contribution in [0.1, 0.15) is 23.2 Å². The second-order valence-corrected chi connectivity index (χ2v) is 6.51. The summed E-state index contributed by atoms with van der Waals surface area (Å²) in [6, 6.07) is 5.45. The minimum absolute atomic E-state index is 0.0574. The summed E-state index contributed by atoms with van der Waals surface area (Å²) in [6.45, 7) is 1.10. The van der Waals surface area contributed by atoms with Gasteiger partial charge in [-0.2, -0.15) is 0 Å². The second-order valence-electron chi connectivity index (χ2n) is 4.74. The van der Waals surface area contributed by atoms with E-state index in [1.807, 2.05) is 12.1 Å². The summed E-state index contributed by atoms with van der Waals surface area (Å²) < 4.78 is 6.43. The first kappa shape index (κ1) is 15.5. The fraction of sp³-hybridized carbons (Fsp3) is 0.429. The molecule has 1 aromatic carbocycles. The lowest BCUT2D eigenvalue weighted by molar-refractivity contribution is -0.146. The van der Waals surface area contributed by atoms with Gasteiger partial charge in [-0.05, 0) is 47.0 Å². The van der Waals surface area contributed by atoms with E-state index in [4.69, 9.17) is 4.74 Å². The Labute approximate surface area is 134 Å². The highest BCUT2D eigenvalue weighted by molar-refractivity contribution is 9.11. The maximum atomic E-state index is 12.5. The molecule has 4 nitrogen and oxygen atoms in total. The van der Waals surface area contributed by atoms with Gasteiger partial charge in [-0.1, -0.05) is 15.9 Å². The third-order valence-corrected chi connectivity index (χ3v) is 4.55. The number of carbonyl (C=O) groups is 2. The van der Waals surface area contributed by atoms with E-state index in [2.05, 4.69) is 31.9 Å². The molecule has 6 heteroatoms. The van der Waals surface area contributed by atoms with E-state index in [9.17, 15) is 9.59 Å². The molecule has 1 aromatic rings. The Morgan fingerprint density at radius 3 is 2.75 bits per heavy atom. The summed E-state index contributed by atoms with van der Waals surface area (Å²) in [4.78, 5) is 25.8. The Hall–Kier alpha value is -0.880. The molecule has 20 heavy (non-hydrogen) atoms. The molecule has 0 saturated carbocycles. The minimum Gasteiger partial charge on any atom is -0.469 e. The number of carbonyl (C=O) groups excluding carboxylic acids is 2. The van der Waals surface area contributed by atoms with Gasteiger partial charge in [0, 0.05) is 22.0 Å². The molecular weight excluding hydrogens is 390 g/mol. The van der Waals surface area contributed by atoms with Crippen molar-refractivity contribution >= 4 is 43.7 Å². The molecule has 1 amide bonds. The van der Waals surface area contributed by atoms with Crippen LogP contribution < -0.4 is 0 Å². The van der Waals surface area contributed by atoms with Crippen LogP contribution in [0.3, 0.4) is 0 Å². The van der Waals surface area contributed by atoms with Crippen molar-refractivity contribution in [2.45, 2.75) is 12.8 Å². The number of ether oxygens (including phenoxy) is 1. The molecule has 0 radical (unpaired) electrons. The normalized spacial score (nSPS) is 18.8. The molecule has 2 rings (SSSR count). The van der Waals surface area contributed by atoms with Gasteiger partial charge in [0.25, 0.3) is 5.91 Å². The summed E-state index contributed by atoms with van der Waals surface area (Å²) >= 11 is 6.77. The number of nitrogens with zero attached hydrogens (tertiary/aromatic N) is 1. The molecule has 1 fully saturated rings. The van der Waals surface area contributed by atoms with Gasteiger partial charge in [0.2, 0.25) is 0 Å². The summed E-state index contributed by atoms with van der Waals surface area (Å²) in [5.74, 6) is -0.512. The fourth-order valence-electron chi connectivity index (χ4n) is 2.35. The van der Waals surface area contributed by atoms with Crippen molar-refractivity contribution in [1.82, 2.24) is 4.90 Å². The van der Waals surface area contributed by atoms with Crippen molar-refractivity contribution in [3.05, 3.63) is 32.7 Å². The molecule has 0 spiro atoms. The molecular formula is C14H15Br2NO3. The third kappa shape index (κ3) is 3.41. The maximum Gasteiger partial charge on any atom is 0.310 e. The van der Waals surface area contributed by atoms with Crippen LogP contribution in [-0.2, 0) is 9.53 Å². The summed E-state index contributed by atoms with van der Waals surface area (Å²) in [5.41, 5.74) is 0.610. The number of piperidine rings is 1. The van der Waals surface area contributed by atoms with Gasteiger partial charge in [0.15, 0.2) is 0 Å². The van der Waals surface area contributed by atoms with E-state index in [1.165, 1.54) is 7.11 Å². The lowest BCUT2D eigenvalue weighted by atomic mass is 9.97. The monoisotopic (exact) mass is 403 g/mol. The number of amides is 1. The average molecular weight is 405 g/mol. The lowest BCUT2D eigenvalue weighted by Gasteiger charge is -2.31. The highest BCUT2D eigenvalue weighted by atomic mass is 79.9. The Bertz CT molecular complexity index is 533. The fourth-order valence-corrected chi connectivity index (χ4v) is 3.57.